The lowest BCUT2D eigenvalue weighted by atomic mass is 10.1. The molecule has 0 spiro atoms. The number of aromatic amines is 1. The fourth-order valence-electron chi connectivity index (χ4n) is 4.10. The topological polar surface area (TPSA) is 81.9 Å². The molecule has 5 rings (SSSR count). The fraction of sp³-hybridized carbons (Fsp3) is 0.280. The Morgan fingerprint density at radius 2 is 1.65 bits per heavy atom. The molecule has 0 amide bonds. The molecular weight excluding hydrogens is 446 g/mol. The number of H-pyrrole nitrogens is 1. The molecule has 1 aliphatic heterocycles. The zero-order valence-corrected chi connectivity index (χ0v) is 20.3. The maximum Gasteiger partial charge on any atom is 0.301 e. The number of thiazole rings is 1. The minimum Gasteiger partial charge on any atom is -0.367 e. The lowest BCUT2D eigenvalue weighted by Crippen LogP contribution is -2.44. The number of hydrogen-bond donors (Lipinski definition) is 1. The summed E-state index contributed by atoms with van der Waals surface area (Å²) in [7, 11) is 2.13. The third kappa shape index (κ3) is 4.32. The molecule has 8 nitrogen and oxygen atoms in total. The number of aryl methyl sites for hydroxylation is 2. The number of rotatable bonds is 5. The van der Waals surface area contributed by atoms with Gasteiger partial charge in [0.25, 0.3) is 0 Å². The molecule has 9 heteroatoms. The molecule has 0 radical (unpaired) electrons. The van der Waals surface area contributed by atoms with Crippen LogP contribution in [0.5, 0.6) is 0 Å². The lowest BCUT2D eigenvalue weighted by molar-refractivity contribution is 0.313. The second-order valence-corrected chi connectivity index (χ2v) is 9.65. The average Bonchev–Trinajstić information content (AvgIpc) is 3.38. The van der Waals surface area contributed by atoms with Crippen molar-refractivity contribution in [3.8, 4) is 16.4 Å². The van der Waals surface area contributed by atoms with Crippen LogP contribution in [0.4, 0.5) is 17.1 Å². The first-order valence-electron chi connectivity index (χ1n) is 11.3. The summed E-state index contributed by atoms with van der Waals surface area (Å²) < 4.78 is 1.46. The minimum absolute atomic E-state index is 0.258. The number of hydrogen-bond acceptors (Lipinski definition) is 7. The van der Waals surface area contributed by atoms with E-state index in [0.717, 1.165) is 53.7 Å². The smallest absolute Gasteiger partial charge is 0.301 e. The summed E-state index contributed by atoms with van der Waals surface area (Å²) in [6.45, 7) is 7.73. The van der Waals surface area contributed by atoms with Gasteiger partial charge < -0.3 is 9.80 Å². The number of para-hydroxylation sites is 1. The summed E-state index contributed by atoms with van der Waals surface area (Å²) in [5, 5.41) is 12.6. The average molecular weight is 474 g/mol. The van der Waals surface area contributed by atoms with Crippen molar-refractivity contribution in [2.24, 2.45) is 10.2 Å². The highest BCUT2D eigenvalue weighted by molar-refractivity contribution is 7.14. The van der Waals surface area contributed by atoms with Crippen molar-refractivity contribution in [1.82, 2.24) is 19.7 Å². The summed E-state index contributed by atoms with van der Waals surface area (Å²) >= 11 is 1.47. The SMILES string of the molecule is Cc1[nH]n(-c2nc(-c3ccccc3)c(C)s2)c(=O)c1N=Nc1ccccc1N1CCN(C)CC1. The van der Waals surface area contributed by atoms with Crippen LogP contribution in [0.25, 0.3) is 16.4 Å². The number of likely N-dealkylation sites (N-methyl/N-ethyl adjacent to an activating group) is 1. The summed E-state index contributed by atoms with van der Waals surface area (Å²) in [6.07, 6.45) is 0. The number of azo groups is 1. The number of benzene rings is 2. The van der Waals surface area contributed by atoms with Gasteiger partial charge in [0.05, 0.1) is 17.1 Å². The van der Waals surface area contributed by atoms with E-state index in [4.69, 9.17) is 4.98 Å². The molecule has 1 fully saturated rings. The Kier molecular flexibility index (Phi) is 6.12. The van der Waals surface area contributed by atoms with Crippen LogP contribution >= 0.6 is 11.3 Å². The molecule has 1 saturated heterocycles. The third-order valence-electron chi connectivity index (χ3n) is 6.05. The first kappa shape index (κ1) is 22.2. The largest absolute Gasteiger partial charge is 0.367 e. The van der Waals surface area contributed by atoms with E-state index in [-0.39, 0.29) is 5.56 Å². The fourth-order valence-corrected chi connectivity index (χ4v) is 4.99. The summed E-state index contributed by atoms with van der Waals surface area (Å²) in [6, 6.07) is 17.9. The van der Waals surface area contributed by atoms with Crippen molar-refractivity contribution in [1.29, 1.82) is 0 Å². The highest BCUT2D eigenvalue weighted by Crippen LogP contribution is 2.32. The van der Waals surface area contributed by atoms with Crippen molar-refractivity contribution in [2.75, 3.05) is 38.1 Å². The van der Waals surface area contributed by atoms with Gasteiger partial charge in [0.2, 0.25) is 5.13 Å². The van der Waals surface area contributed by atoms with E-state index in [2.05, 4.69) is 38.2 Å². The predicted octanol–water partition coefficient (Wildman–Crippen LogP) is 5.07. The van der Waals surface area contributed by atoms with Crippen molar-refractivity contribution >= 4 is 28.4 Å². The van der Waals surface area contributed by atoms with Gasteiger partial charge in [0.1, 0.15) is 5.69 Å². The molecule has 34 heavy (non-hydrogen) atoms. The molecule has 1 N–H and O–H groups in total. The van der Waals surface area contributed by atoms with Crippen molar-refractivity contribution in [3.63, 3.8) is 0 Å². The van der Waals surface area contributed by atoms with E-state index >= 15 is 0 Å². The van der Waals surface area contributed by atoms with E-state index in [1.807, 2.05) is 62.4 Å². The number of nitrogens with one attached hydrogen (secondary N) is 1. The monoisotopic (exact) mass is 473 g/mol. The van der Waals surface area contributed by atoms with E-state index < -0.39 is 0 Å². The Bertz CT molecular complexity index is 1380. The predicted molar refractivity (Wildman–Crippen MR) is 137 cm³/mol. The second-order valence-electron chi connectivity index (χ2n) is 8.47. The van der Waals surface area contributed by atoms with Crippen LogP contribution in [0.1, 0.15) is 10.6 Å². The molecule has 3 heterocycles. The zero-order chi connectivity index (χ0) is 23.7. The Morgan fingerprint density at radius 1 is 0.941 bits per heavy atom. The quantitative estimate of drug-likeness (QED) is 0.410. The summed E-state index contributed by atoms with van der Waals surface area (Å²) in [5.74, 6) is 0. The minimum atomic E-state index is -0.258. The standard InChI is InChI=1S/C25H27N7OS/c1-17-22(28-27-20-11-7-8-12-21(20)31-15-13-30(3)14-16-31)24(33)32(29-17)25-26-23(18(2)34-25)19-9-5-4-6-10-19/h4-12,29H,13-16H2,1-3H3. The van der Waals surface area contributed by atoms with Crippen molar-refractivity contribution < 1.29 is 0 Å². The van der Waals surface area contributed by atoms with Crippen LogP contribution in [0, 0.1) is 13.8 Å². The van der Waals surface area contributed by atoms with Gasteiger partial charge in [-0.1, -0.05) is 53.8 Å². The van der Waals surface area contributed by atoms with E-state index in [1.54, 1.807) is 0 Å². The van der Waals surface area contributed by atoms with Gasteiger partial charge in [0.15, 0.2) is 5.69 Å². The summed E-state index contributed by atoms with van der Waals surface area (Å²) in [4.78, 5) is 23.6. The van der Waals surface area contributed by atoms with Gasteiger partial charge in [-0.2, -0.15) is 4.68 Å². The van der Waals surface area contributed by atoms with E-state index in [0.29, 0.717) is 16.5 Å². The van der Waals surface area contributed by atoms with Gasteiger partial charge in [-0.3, -0.25) is 9.89 Å². The van der Waals surface area contributed by atoms with Gasteiger partial charge in [-0.25, -0.2) is 4.98 Å². The van der Waals surface area contributed by atoms with E-state index in [9.17, 15) is 4.79 Å². The van der Waals surface area contributed by atoms with Crippen molar-refractivity contribution in [3.05, 3.63) is 75.5 Å². The highest BCUT2D eigenvalue weighted by Gasteiger charge is 2.19. The maximum absolute atomic E-state index is 13.2. The molecule has 0 aliphatic carbocycles. The third-order valence-corrected chi connectivity index (χ3v) is 7.00. The number of nitrogens with zero attached hydrogens (tertiary/aromatic N) is 6. The number of anilines is 1. The van der Waals surface area contributed by atoms with Gasteiger partial charge in [-0.15, -0.1) is 10.2 Å². The Balaban J connectivity index is 1.45. The van der Waals surface area contributed by atoms with Crippen molar-refractivity contribution in [2.45, 2.75) is 13.8 Å². The van der Waals surface area contributed by atoms with Crippen LogP contribution in [0.15, 0.2) is 69.6 Å². The molecule has 0 atom stereocenters. The normalized spacial score (nSPS) is 14.9. The molecule has 174 valence electrons. The molecule has 0 unspecified atom stereocenters. The van der Waals surface area contributed by atoms with Crippen LogP contribution < -0.4 is 10.5 Å². The Hall–Kier alpha value is -3.56. The maximum atomic E-state index is 13.2. The highest BCUT2D eigenvalue weighted by atomic mass is 32.1. The zero-order valence-electron chi connectivity index (χ0n) is 19.5. The van der Waals surface area contributed by atoms with Crippen LogP contribution in [-0.2, 0) is 0 Å². The Morgan fingerprint density at radius 3 is 2.41 bits per heavy atom. The van der Waals surface area contributed by atoms with Gasteiger partial charge in [-0.05, 0) is 33.0 Å². The van der Waals surface area contributed by atoms with Crippen LogP contribution in [0.3, 0.4) is 0 Å². The Labute approximate surface area is 202 Å². The molecule has 1 aliphatic rings. The molecule has 2 aromatic carbocycles. The van der Waals surface area contributed by atoms with Gasteiger partial charge in [0, 0.05) is 36.6 Å². The molecule has 0 bridgehead atoms. The first-order chi connectivity index (χ1) is 16.5. The number of aromatic nitrogens is 3. The molecule has 0 saturated carbocycles. The van der Waals surface area contributed by atoms with Gasteiger partial charge >= 0.3 is 5.56 Å². The number of piperazine rings is 1. The van der Waals surface area contributed by atoms with Crippen LogP contribution in [0.2, 0.25) is 0 Å². The molecule has 4 aromatic rings. The second kappa shape index (κ2) is 9.36. The molecule has 2 aromatic heterocycles. The van der Waals surface area contributed by atoms with E-state index in [1.165, 1.54) is 16.0 Å². The lowest BCUT2D eigenvalue weighted by Gasteiger charge is -2.34. The first-order valence-corrected chi connectivity index (χ1v) is 12.1. The molecular formula is C25H27N7OS. The van der Waals surface area contributed by atoms with Crippen LogP contribution in [-0.4, -0.2) is 52.9 Å². The summed E-state index contributed by atoms with van der Waals surface area (Å²) in [5.41, 5.74) is 4.39.